The highest BCUT2D eigenvalue weighted by Crippen LogP contribution is 2.03. The van der Waals surface area contributed by atoms with Crippen LogP contribution >= 0.6 is 0 Å². The van der Waals surface area contributed by atoms with Gasteiger partial charge in [-0.2, -0.15) is 0 Å². The predicted octanol–water partition coefficient (Wildman–Crippen LogP) is -5.53. The van der Waals surface area contributed by atoms with Gasteiger partial charge in [0.25, 0.3) is 0 Å². The molecule has 104 valence electrons. The van der Waals surface area contributed by atoms with E-state index in [1.54, 1.807) is 0 Å². The van der Waals surface area contributed by atoms with E-state index < -0.39 is 37.6 Å². The molecule has 0 aromatic carbocycles. The van der Waals surface area contributed by atoms with Crippen LogP contribution in [-0.2, 0) is 0 Å². The first-order chi connectivity index (χ1) is 7.45. The van der Waals surface area contributed by atoms with Gasteiger partial charge in [-0.15, -0.1) is 0 Å². The molecule has 0 aliphatic heterocycles. The highest BCUT2D eigenvalue weighted by atomic mass is 24.3. The van der Waals surface area contributed by atoms with E-state index in [-0.39, 0.29) is 36.3 Å². The van der Waals surface area contributed by atoms with Crippen LogP contribution in [0.2, 0.25) is 0 Å². The molecule has 17 heavy (non-hydrogen) atoms. The Morgan fingerprint density at radius 1 is 0.588 bits per heavy atom. The van der Waals surface area contributed by atoms with Crippen molar-refractivity contribution in [2.45, 2.75) is 24.4 Å². The van der Waals surface area contributed by atoms with Crippen molar-refractivity contribution in [2.75, 3.05) is 26.4 Å². The zero-order chi connectivity index (χ0) is 13.1. The van der Waals surface area contributed by atoms with Crippen LogP contribution in [0, 0.1) is 0 Å². The summed E-state index contributed by atoms with van der Waals surface area (Å²) in [4.78, 5) is 0. The van der Waals surface area contributed by atoms with Crippen LogP contribution in [0.15, 0.2) is 0 Å². The minimum Gasteiger partial charge on any atom is -0.394 e. The van der Waals surface area contributed by atoms with Gasteiger partial charge in [-0.3, -0.25) is 0 Å². The van der Waals surface area contributed by atoms with E-state index in [0.29, 0.717) is 0 Å². The van der Waals surface area contributed by atoms with Crippen molar-refractivity contribution < 1.29 is 40.9 Å². The van der Waals surface area contributed by atoms with Gasteiger partial charge in [0.15, 0.2) is 0 Å². The molecule has 8 nitrogen and oxygen atoms in total. The third kappa shape index (κ3) is 11.3. The fourth-order valence-electron chi connectivity index (χ4n) is 0.671. The molecule has 9 heteroatoms. The quantitative estimate of drug-likeness (QED) is 0.222. The smallest absolute Gasteiger partial charge is 0.316 e. The van der Waals surface area contributed by atoms with Crippen LogP contribution in [0.3, 0.4) is 0 Å². The zero-order valence-electron chi connectivity index (χ0n) is 8.72. The van der Waals surface area contributed by atoms with Gasteiger partial charge in [0.2, 0.25) is 0 Å². The van der Waals surface area contributed by atoms with Crippen LogP contribution in [0.4, 0.5) is 0 Å². The first-order valence-electron chi connectivity index (χ1n) is 4.61. The van der Waals surface area contributed by atoms with E-state index in [0.717, 1.165) is 0 Å². The van der Waals surface area contributed by atoms with Gasteiger partial charge in [0.05, 0.1) is 26.4 Å². The van der Waals surface area contributed by atoms with Crippen molar-refractivity contribution in [3.63, 3.8) is 0 Å². The SMILES string of the molecule is OCC(O)C(O)C(O)C(O)CO.OCCO.[MgH2]. The molecular weight excluding hydrogens is 248 g/mol. The second kappa shape index (κ2) is 14.5. The maximum absolute atomic E-state index is 8.96. The lowest BCUT2D eigenvalue weighted by Crippen LogP contribution is -2.46. The summed E-state index contributed by atoms with van der Waals surface area (Å²) in [6.45, 7) is -1.70. The van der Waals surface area contributed by atoms with Crippen LogP contribution in [0.5, 0.6) is 0 Å². The summed E-state index contributed by atoms with van der Waals surface area (Å²) in [5, 5.41) is 67.4. The average molecular weight is 271 g/mol. The Kier molecular flexibility index (Phi) is 19.3. The minimum atomic E-state index is -1.67. The molecule has 0 fully saturated rings. The molecule has 0 aliphatic carbocycles. The molecule has 4 unspecified atom stereocenters. The molecule has 0 saturated heterocycles. The molecule has 0 amide bonds. The first kappa shape index (κ1) is 22.6. The van der Waals surface area contributed by atoms with Crippen molar-refractivity contribution in [1.82, 2.24) is 0 Å². The van der Waals surface area contributed by atoms with Crippen LogP contribution in [0.25, 0.3) is 0 Å². The molecule has 0 rings (SSSR count). The van der Waals surface area contributed by atoms with Gasteiger partial charge in [-0.1, -0.05) is 0 Å². The van der Waals surface area contributed by atoms with Crippen molar-refractivity contribution in [3.05, 3.63) is 0 Å². The molecule has 0 aromatic rings. The second-order valence-corrected chi connectivity index (χ2v) is 2.93. The lowest BCUT2D eigenvalue weighted by atomic mass is 10.0. The fourth-order valence-corrected chi connectivity index (χ4v) is 0.671. The Labute approximate surface area is 115 Å². The monoisotopic (exact) mass is 270 g/mol. The maximum Gasteiger partial charge on any atom is 0.316 e. The molecule has 0 spiro atoms. The van der Waals surface area contributed by atoms with Crippen molar-refractivity contribution in [2.24, 2.45) is 0 Å². The lowest BCUT2D eigenvalue weighted by Gasteiger charge is -2.24. The molecule has 0 aliphatic rings. The topological polar surface area (TPSA) is 162 Å². The summed E-state index contributed by atoms with van der Waals surface area (Å²) >= 11 is 0. The Bertz CT molecular complexity index is 133. The van der Waals surface area contributed by atoms with E-state index in [2.05, 4.69) is 0 Å². The third-order valence-corrected chi connectivity index (χ3v) is 1.61. The van der Waals surface area contributed by atoms with Gasteiger partial charge in [0.1, 0.15) is 24.4 Å². The summed E-state index contributed by atoms with van der Waals surface area (Å²) in [5.41, 5.74) is 0. The van der Waals surface area contributed by atoms with Crippen molar-refractivity contribution >= 4 is 23.1 Å². The summed E-state index contributed by atoms with van der Waals surface area (Å²) in [6, 6.07) is 0. The fraction of sp³-hybridized carbons (Fsp3) is 1.00. The second-order valence-electron chi connectivity index (χ2n) is 2.93. The van der Waals surface area contributed by atoms with Gasteiger partial charge < -0.3 is 40.9 Å². The number of aliphatic hydroxyl groups is 8. The van der Waals surface area contributed by atoms with Crippen LogP contribution < -0.4 is 0 Å². The number of aliphatic hydroxyl groups excluding tert-OH is 8. The molecule has 0 saturated carbocycles. The van der Waals surface area contributed by atoms with E-state index >= 15 is 0 Å². The van der Waals surface area contributed by atoms with Gasteiger partial charge >= 0.3 is 23.1 Å². The highest BCUT2D eigenvalue weighted by Gasteiger charge is 2.29. The molecule has 0 heterocycles. The summed E-state index contributed by atoms with van der Waals surface area (Å²) in [5.74, 6) is 0. The molecule has 0 bridgehead atoms. The number of rotatable bonds is 6. The molecular formula is C8H22MgO8. The molecule has 4 atom stereocenters. The Balaban J connectivity index is -0.000000340. The van der Waals surface area contributed by atoms with E-state index in [1.165, 1.54) is 0 Å². The van der Waals surface area contributed by atoms with Gasteiger partial charge in [-0.05, 0) is 0 Å². The Morgan fingerprint density at radius 3 is 0.941 bits per heavy atom. The number of hydrogen-bond acceptors (Lipinski definition) is 8. The van der Waals surface area contributed by atoms with Crippen molar-refractivity contribution in [1.29, 1.82) is 0 Å². The van der Waals surface area contributed by atoms with E-state index in [4.69, 9.17) is 40.9 Å². The van der Waals surface area contributed by atoms with Crippen LogP contribution in [0.1, 0.15) is 0 Å². The summed E-state index contributed by atoms with van der Waals surface area (Å²) < 4.78 is 0. The summed E-state index contributed by atoms with van der Waals surface area (Å²) in [6.07, 6.45) is -6.39. The van der Waals surface area contributed by atoms with Gasteiger partial charge in [-0.25, -0.2) is 0 Å². The lowest BCUT2D eigenvalue weighted by molar-refractivity contribution is -0.123. The van der Waals surface area contributed by atoms with E-state index in [9.17, 15) is 0 Å². The zero-order valence-corrected chi connectivity index (χ0v) is 8.72. The largest absolute Gasteiger partial charge is 0.394 e. The minimum absolute atomic E-state index is 0. The highest BCUT2D eigenvalue weighted by molar-refractivity contribution is 5.75. The third-order valence-electron chi connectivity index (χ3n) is 1.61. The predicted molar refractivity (Wildman–Crippen MR) is 60.9 cm³/mol. The molecule has 0 radical (unpaired) electrons. The molecule has 8 N–H and O–H groups in total. The number of hydrogen-bond donors (Lipinski definition) is 8. The van der Waals surface area contributed by atoms with Crippen molar-refractivity contribution in [3.8, 4) is 0 Å². The maximum atomic E-state index is 8.96. The summed E-state index contributed by atoms with van der Waals surface area (Å²) in [7, 11) is 0. The molecule has 0 aromatic heterocycles. The first-order valence-corrected chi connectivity index (χ1v) is 4.61. The Hall–Kier alpha value is 0.446. The van der Waals surface area contributed by atoms with E-state index in [1.807, 2.05) is 0 Å². The van der Waals surface area contributed by atoms with Gasteiger partial charge in [0, 0.05) is 0 Å². The average Bonchev–Trinajstić information content (AvgIpc) is 2.34. The standard InChI is InChI=1S/C6H14O6.C2H6O2.Mg.2H/c7-1-3(9)5(11)6(12)4(10)2-8;3-1-2-4;;;/h3-12H,1-2H2;3-4H,1-2H2;;;. The Morgan fingerprint density at radius 2 is 0.824 bits per heavy atom. The normalized spacial score (nSPS) is 16.9. The van der Waals surface area contributed by atoms with Crippen LogP contribution in [-0.4, -0.2) is 115 Å².